The molecule has 1 aliphatic rings. The summed E-state index contributed by atoms with van der Waals surface area (Å²) in [6, 6.07) is 8.25. The quantitative estimate of drug-likeness (QED) is 0.615. The van der Waals surface area contributed by atoms with Crippen molar-refractivity contribution in [2.45, 2.75) is 25.2 Å². The molecule has 1 saturated carbocycles. The van der Waals surface area contributed by atoms with Crippen LogP contribution in [0, 0.1) is 6.42 Å². The molecule has 0 aliphatic heterocycles. The molecule has 0 N–H and O–H groups in total. The Morgan fingerprint density at radius 3 is 2.50 bits per heavy atom. The lowest BCUT2D eigenvalue weighted by molar-refractivity contribution is 0.730. The first-order chi connectivity index (χ1) is 5.86. The van der Waals surface area contributed by atoms with Gasteiger partial charge in [0.1, 0.15) is 0 Å². The highest BCUT2D eigenvalue weighted by atomic mass is 35.5. The van der Waals surface area contributed by atoms with E-state index >= 15 is 0 Å². The Bertz CT molecular complexity index is 244. The number of rotatable bonds is 1. The minimum Gasteiger partial charge on any atom is -0.0843 e. The summed E-state index contributed by atoms with van der Waals surface area (Å²) < 4.78 is 0. The standard InChI is InChI=1S/C11H12Cl/c12-11-7-5-10(6-8-11)9-3-1-2-4-9/h1,5-9H,2-4H2. The normalized spacial score (nSPS) is 18.4. The van der Waals surface area contributed by atoms with E-state index in [-0.39, 0.29) is 0 Å². The van der Waals surface area contributed by atoms with Gasteiger partial charge in [-0.15, -0.1) is 0 Å². The zero-order valence-electron chi connectivity index (χ0n) is 6.96. The first kappa shape index (κ1) is 8.12. The molecule has 0 bridgehead atoms. The molecule has 0 spiro atoms. The number of halogens is 1. The van der Waals surface area contributed by atoms with Crippen molar-refractivity contribution in [2.24, 2.45) is 0 Å². The average molecular weight is 180 g/mol. The molecular formula is C11H12Cl. The molecule has 63 valence electrons. The van der Waals surface area contributed by atoms with Gasteiger partial charge < -0.3 is 0 Å². The fourth-order valence-electron chi connectivity index (χ4n) is 1.79. The van der Waals surface area contributed by atoms with Gasteiger partial charge in [-0.3, -0.25) is 0 Å². The van der Waals surface area contributed by atoms with Gasteiger partial charge in [0.25, 0.3) is 0 Å². The van der Waals surface area contributed by atoms with Gasteiger partial charge in [0.05, 0.1) is 0 Å². The molecule has 1 aromatic carbocycles. The number of hydrogen-bond donors (Lipinski definition) is 0. The summed E-state index contributed by atoms with van der Waals surface area (Å²) in [6.45, 7) is 0. The lowest BCUT2D eigenvalue weighted by Crippen LogP contribution is -1.90. The van der Waals surface area contributed by atoms with Crippen LogP contribution in [0.25, 0.3) is 0 Å². The molecule has 1 aliphatic carbocycles. The number of hydrogen-bond acceptors (Lipinski definition) is 0. The second kappa shape index (κ2) is 3.49. The summed E-state index contributed by atoms with van der Waals surface area (Å²) in [5.41, 5.74) is 1.44. The second-order valence-electron chi connectivity index (χ2n) is 3.35. The van der Waals surface area contributed by atoms with Gasteiger partial charge in [-0.1, -0.05) is 23.7 Å². The van der Waals surface area contributed by atoms with Gasteiger partial charge in [0.2, 0.25) is 0 Å². The third kappa shape index (κ3) is 1.64. The van der Waals surface area contributed by atoms with Crippen LogP contribution in [-0.4, -0.2) is 0 Å². The molecule has 0 nitrogen and oxygen atoms in total. The van der Waals surface area contributed by atoms with Crippen molar-refractivity contribution in [1.82, 2.24) is 0 Å². The molecule has 1 unspecified atom stereocenters. The van der Waals surface area contributed by atoms with Crippen LogP contribution in [0.15, 0.2) is 24.3 Å². The van der Waals surface area contributed by atoms with Gasteiger partial charge >= 0.3 is 0 Å². The predicted molar refractivity (Wildman–Crippen MR) is 52.3 cm³/mol. The molecule has 1 atom stereocenters. The Kier molecular flexibility index (Phi) is 2.36. The van der Waals surface area contributed by atoms with Crippen molar-refractivity contribution in [3.8, 4) is 0 Å². The van der Waals surface area contributed by atoms with E-state index in [4.69, 9.17) is 11.6 Å². The smallest absolute Gasteiger partial charge is 0.0406 e. The molecule has 1 heteroatoms. The summed E-state index contributed by atoms with van der Waals surface area (Å²) in [7, 11) is 0. The minimum atomic E-state index is 0.752. The van der Waals surface area contributed by atoms with Crippen molar-refractivity contribution in [2.75, 3.05) is 0 Å². The maximum Gasteiger partial charge on any atom is 0.0406 e. The van der Waals surface area contributed by atoms with Crippen LogP contribution in [0.4, 0.5) is 0 Å². The largest absolute Gasteiger partial charge is 0.0843 e. The zero-order chi connectivity index (χ0) is 8.39. The van der Waals surface area contributed by atoms with E-state index in [0.29, 0.717) is 0 Å². The van der Waals surface area contributed by atoms with Crippen LogP contribution >= 0.6 is 11.6 Å². The Hall–Kier alpha value is -0.490. The fraction of sp³-hybridized carbons (Fsp3) is 0.364. The topological polar surface area (TPSA) is 0 Å². The third-order valence-electron chi connectivity index (χ3n) is 2.51. The van der Waals surface area contributed by atoms with Crippen LogP contribution in [0.5, 0.6) is 0 Å². The molecule has 0 aromatic heterocycles. The molecule has 1 radical (unpaired) electrons. The fourth-order valence-corrected chi connectivity index (χ4v) is 1.92. The van der Waals surface area contributed by atoms with Crippen LogP contribution in [-0.2, 0) is 0 Å². The van der Waals surface area contributed by atoms with Gasteiger partial charge in [0.15, 0.2) is 0 Å². The van der Waals surface area contributed by atoms with Crippen LogP contribution in [0.3, 0.4) is 0 Å². The zero-order valence-corrected chi connectivity index (χ0v) is 7.72. The van der Waals surface area contributed by atoms with Gasteiger partial charge in [-0.05, 0) is 49.3 Å². The molecule has 0 saturated heterocycles. The summed E-state index contributed by atoms with van der Waals surface area (Å²) in [6.07, 6.45) is 6.19. The molecule has 1 aromatic rings. The Morgan fingerprint density at radius 2 is 1.92 bits per heavy atom. The van der Waals surface area contributed by atoms with Crippen LogP contribution in [0.2, 0.25) is 5.02 Å². The number of benzene rings is 1. The highest BCUT2D eigenvalue weighted by Crippen LogP contribution is 2.33. The first-order valence-electron chi connectivity index (χ1n) is 4.43. The van der Waals surface area contributed by atoms with E-state index in [9.17, 15) is 0 Å². The SMILES string of the molecule is Clc1ccc(C2C[CH]CC2)cc1. The monoisotopic (exact) mass is 179 g/mol. The van der Waals surface area contributed by atoms with E-state index in [2.05, 4.69) is 18.6 Å². The lowest BCUT2D eigenvalue weighted by Gasteiger charge is -2.08. The van der Waals surface area contributed by atoms with Crippen molar-refractivity contribution in [3.63, 3.8) is 0 Å². The van der Waals surface area contributed by atoms with Crippen molar-refractivity contribution >= 4 is 11.6 Å². The summed E-state index contributed by atoms with van der Waals surface area (Å²) in [4.78, 5) is 0. The third-order valence-corrected chi connectivity index (χ3v) is 2.76. The maximum atomic E-state index is 5.81. The molecule has 0 heterocycles. The van der Waals surface area contributed by atoms with E-state index in [1.54, 1.807) is 0 Å². The van der Waals surface area contributed by atoms with Gasteiger partial charge in [-0.2, -0.15) is 0 Å². The highest BCUT2D eigenvalue weighted by Gasteiger charge is 2.16. The lowest BCUT2D eigenvalue weighted by atomic mass is 9.98. The molecular weight excluding hydrogens is 168 g/mol. The molecule has 2 rings (SSSR count). The van der Waals surface area contributed by atoms with Crippen LogP contribution < -0.4 is 0 Å². The second-order valence-corrected chi connectivity index (χ2v) is 3.79. The van der Waals surface area contributed by atoms with E-state index in [1.165, 1.54) is 24.8 Å². The summed E-state index contributed by atoms with van der Waals surface area (Å²) in [5, 5.41) is 0.834. The van der Waals surface area contributed by atoms with E-state index in [1.807, 2.05) is 12.1 Å². The summed E-state index contributed by atoms with van der Waals surface area (Å²) in [5.74, 6) is 0.752. The Morgan fingerprint density at radius 1 is 1.17 bits per heavy atom. The van der Waals surface area contributed by atoms with Crippen molar-refractivity contribution < 1.29 is 0 Å². The Balaban J connectivity index is 2.17. The van der Waals surface area contributed by atoms with Crippen LogP contribution in [0.1, 0.15) is 30.7 Å². The maximum absolute atomic E-state index is 5.81. The first-order valence-corrected chi connectivity index (χ1v) is 4.81. The predicted octanol–water partition coefficient (Wildman–Crippen LogP) is 3.81. The highest BCUT2D eigenvalue weighted by molar-refractivity contribution is 6.30. The molecule has 0 amide bonds. The van der Waals surface area contributed by atoms with Gasteiger partial charge in [-0.25, -0.2) is 0 Å². The Labute approximate surface area is 78.6 Å². The minimum absolute atomic E-state index is 0.752. The average Bonchev–Trinajstić information content (AvgIpc) is 2.58. The summed E-state index contributed by atoms with van der Waals surface area (Å²) >= 11 is 5.81. The van der Waals surface area contributed by atoms with Crippen molar-refractivity contribution in [3.05, 3.63) is 41.3 Å². The van der Waals surface area contributed by atoms with E-state index in [0.717, 1.165) is 10.9 Å². The van der Waals surface area contributed by atoms with E-state index < -0.39 is 0 Å². The van der Waals surface area contributed by atoms with Crippen molar-refractivity contribution in [1.29, 1.82) is 0 Å². The molecule has 1 fully saturated rings. The van der Waals surface area contributed by atoms with Gasteiger partial charge in [0, 0.05) is 5.02 Å². The molecule has 12 heavy (non-hydrogen) atoms.